The molecule has 0 unspecified atom stereocenters. The second-order valence-corrected chi connectivity index (χ2v) is 5.98. The Morgan fingerprint density at radius 3 is 2.88 bits per heavy atom. The number of nitrogens with two attached hydrogens (primary N) is 1. The van der Waals surface area contributed by atoms with Crippen molar-refractivity contribution in [3.63, 3.8) is 0 Å². The number of pyridine rings is 1. The lowest BCUT2D eigenvalue weighted by Gasteiger charge is -2.09. The minimum absolute atomic E-state index is 0.0677. The average Bonchev–Trinajstić information content (AvgIpc) is 3.10. The van der Waals surface area contributed by atoms with E-state index in [1.165, 1.54) is 5.57 Å². The summed E-state index contributed by atoms with van der Waals surface area (Å²) in [6.07, 6.45) is 7.91. The van der Waals surface area contributed by atoms with Crippen molar-refractivity contribution in [3.8, 4) is 22.6 Å². The van der Waals surface area contributed by atoms with Gasteiger partial charge in [-0.3, -0.25) is 4.79 Å². The average molecular weight is 336 g/mol. The first-order valence-corrected chi connectivity index (χ1v) is 8.05. The van der Waals surface area contributed by atoms with Crippen molar-refractivity contribution >= 4 is 5.95 Å². The number of rotatable bonds is 5. The topological polar surface area (TPSA) is 86.9 Å². The zero-order valence-corrected chi connectivity index (χ0v) is 14.3. The van der Waals surface area contributed by atoms with Gasteiger partial charge in [0.1, 0.15) is 5.69 Å². The van der Waals surface area contributed by atoms with Crippen LogP contribution < -0.4 is 11.3 Å². The Hall–Kier alpha value is -3.15. The largest absolute Gasteiger partial charge is 0.463 e. The number of anilines is 1. The fourth-order valence-electron chi connectivity index (χ4n) is 2.56. The van der Waals surface area contributed by atoms with Crippen LogP contribution in [0.3, 0.4) is 0 Å². The van der Waals surface area contributed by atoms with Crippen LogP contribution in [0.4, 0.5) is 5.95 Å². The van der Waals surface area contributed by atoms with E-state index in [1.807, 2.05) is 19.9 Å². The molecule has 0 aromatic carbocycles. The normalized spacial score (nSPS) is 10.6. The van der Waals surface area contributed by atoms with Gasteiger partial charge in [0.25, 0.3) is 5.56 Å². The van der Waals surface area contributed by atoms with E-state index < -0.39 is 0 Å². The van der Waals surface area contributed by atoms with Crippen molar-refractivity contribution in [1.82, 2.24) is 14.5 Å². The second kappa shape index (κ2) is 7.17. The number of aryl methyl sites for hydroxylation is 1. The van der Waals surface area contributed by atoms with Crippen LogP contribution in [-0.2, 0) is 6.54 Å². The molecule has 25 heavy (non-hydrogen) atoms. The van der Waals surface area contributed by atoms with E-state index in [0.717, 1.165) is 12.0 Å². The Bertz CT molecular complexity index is 952. The molecule has 0 radical (unpaired) electrons. The molecule has 3 heterocycles. The van der Waals surface area contributed by atoms with E-state index in [4.69, 9.17) is 10.2 Å². The molecule has 0 aliphatic rings. The Morgan fingerprint density at radius 1 is 1.36 bits per heavy atom. The predicted molar refractivity (Wildman–Crippen MR) is 97.9 cm³/mol. The van der Waals surface area contributed by atoms with Crippen molar-refractivity contribution in [1.29, 1.82) is 0 Å². The number of aromatic nitrogens is 3. The predicted octanol–water partition coefficient (Wildman–Crippen LogP) is 3.50. The van der Waals surface area contributed by atoms with E-state index in [1.54, 1.807) is 41.4 Å². The molecule has 0 saturated carbocycles. The summed E-state index contributed by atoms with van der Waals surface area (Å²) in [5, 5.41) is 0. The van der Waals surface area contributed by atoms with Crippen molar-refractivity contribution < 1.29 is 4.42 Å². The van der Waals surface area contributed by atoms with Crippen molar-refractivity contribution in [2.45, 2.75) is 26.8 Å². The van der Waals surface area contributed by atoms with E-state index in [0.29, 0.717) is 23.6 Å². The summed E-state index contributed by atoms with van der Waals surface area (Å²) >= 11 is 0. The zero-order valence-electron chi connectivity index (χ0n) is 14.3. The van der Waals surface area contributed by atoms with Gasteiger partial charge in [0.15, 0.2) is 5.76 Å². The van der Waals surface area contributed by atoms with E-state index in [-0.39, 0.29) is 11.5 Å². The summed E-state index contributed by atoms with van der Waals surface area (Å²) in [6.45, 7) is 4.74. The van der Waals surface area contributed by atoms with Gasteiger partial charge in [-0.2, -0.15) is 0 Å². The lowest BCUT2D eigenvalue weighted by Crippen LogP contribution is -2.18. The molecule has 3 aromatic rings. The van der Waals surface area contributed by atoms with E-state index >= 15 is 0 Å². The summed E-state index contributed by atoms with van der Waals surface area (Å²) < 4.78 is 7.12. The van der Waals surface area contributed by atoms with Gasteiger partial charge < -0.3 is 14.7 Å². The van der Waals surface area contributed by atoms with Gasteiger partial charge in [-0.15, -0.1) is 0 Å². The highest BCUT2D eigenvalue weighted by Gasteiger charge is 2.13. The lowest BCUT2D eigenvalue weighted by atomic mass is 10.1. The molecule has 0 amide bonds. The molecule has 6 heteroatoms. The van der Waals surface area contributed by atoms with Gasteiger partial charge in [-0.25, -0.2) is 9.97 Å². The molecule has 0 aliphatic heterocycles. The molecule has 0 bridgehead atoms. The number of furan rings is 1. The zero-order chi connectivity index (χ0) is 17.8. The van der Waals surface area contributed by atoms with Crippen LogP contribution in [-0.4, -0.2) is 14.5 Å². The molecule has 3 rings (SSSR count). The van der Waals surface area contributed by atoms with Gasteiger partial charge in [0.05, 0.1) is 6.26 Å². The number of nitrogen functional groups attached to an aromatic ring is 1. The molecule has 0 fully saturated rings. The molecule has 0 saturated heterocycles. The Labute approximate surface area is 145 Å². The summed E-state index contributed by atoms with van der Waals surface area (Å²) in [5.74, 6) is 0.738. The van der Waals surface area contributed by atoms with Crippen LogP contribution >= 0.6 is 0 Å². The third-order valence-electron chi connectivity index (χ3n) is 3.79. The SMILES string of the molecule is CC(C)=CCCn1ccc(-c2cnc(N)nc2-c2ccco2)cc1=O. The quantitative estimate of drug-likeness (QED) is 0.721. The maximum absolute atomic E-state index is 12.4. The molecule has 2 N–H and O–H groups in total. The summed E-state index contributed by atoms with van der Waals surface area (Å²) in [6, 6.07) is 7.04. The standard InChI is InChI=1S/C19H20N4O2/c1-13(2)5-3-8-23-9-7-14(11-17(23)24)15-12-21-19(20)22-18(15)16-6-4-10-25-16/h4-7,9-12H,3,8H2,1-2H3,(H2,20,21,22). The van der Waals surface area contributed by atoms with Crippen LogP contribution in [0.15, 0.2) is 63.8 Å². The van der Waals surface area contributed by atoms with Crippen LogP contribution in [0.5, 0.6) is 0 Å². The van der Waals surface area contributed by atoms with Gasteiger partial charge in [0.2, 0.25) is 5.95 Å². The van der Waals surface area contributed by atoms with Crippen molar-refractivity contribution in [2.75, 3.05) is 5.73 Å². The van der Waals surface area contributed by atoms with E-state index in [9.17, 15) is 4.79 Å². The van der Waals surface area contributed by atoms with Crippen molar-refractivity contribution in [2.24, 2.45) is 0 Å². The minimum atomic E-state index is -0.0677. The van der Waals surface area contributed by atoms with Gasteiger partial charge >= 0.3 is 0 Å². The number of hydrogen-bond donors (Lipinski definition) is 1. The van der Waals surface area contributed by atoms with Crippen LogP contribution in [0, 0.1) is 0 Å². The van der Waals surface area contributed by atoms with Crippen LogP contribution in [0.25, 0.3) is 22.6 Å². The molecule has 6 nitrogen and oxygen atoms in total. The van der Waals surface area contributed by atoms with Crippen LogP contribution in [0.2, 0.25) is 0 Å². The monoisotopic (exact) mass is 336 g/mol. The molecule has 0 atom stereocenters. The molecular weight excluding hydrogens is 316 g/mol. The highest BCUT2D eigenvalue weighted by molar-refractivity contribution is 5.78. The first-order chi connectivity index (χ1) is 12.0. The first kappa shape index (κ1) is 16.7. The van der Waals surface area contributed by atoms with Crippen molar-refractivity contribution in [3.05, 3.63) is 64.9 Å². The summed E-state index contributed by atoms with van der Waals surface area (Å²) in [5.41, 5.74) is 8.89. The molecule has 0 spiro atoms. The third kappa shape index (κ3) is 3.85. The summed E-state index contributed by atoms with van der Waals surface area (Å²) in [7, 11) is 0. The highest BCUT2D eigenvalue weighted by atomic mass is 16.3. The number of allylic oxidation sites excluding steroid dienone is 2. The van der Waals surface area contributed by atoms with Gasteiger partial charge in [-0.05, 0) is 44.0 Å². The molecule has 0 aliphatic carbocycles. The maximum Gasteiger partial charge on any atom is 0.251 e. The maximum atomic E-state index is 12.4. The first-order valence-electron chi connectivity index (χ1n) is 8.05. The summed E-state index contributed by atoms with van der Waals surface area (Å²) in [4.78, 5) is 20.7. The fraction of sp³-hybridized carbons (Fsp3) is 0.211. The molecule has 128 valence electrons. The second-order valence-electron chi connectivity index (χ2n) is 5.98. The Balaban J connectivity index is 1.97. The highest BCUT2D eigenvalue weighted by Crippen LogP contribution is 2.29. The third-order valence-corrected chi connectivity index (χ3v) is 3.79. The lowest BCUT2D eigenvalue weighted by molar-refractivity contribution is 0.580. The number of hydrogen-bond acceptors (Lipinski definition) is 5. The Morgan fingerprint density at radius 2 is 2.20 bits per heavy atom. The minimum Gasteiger partial charge on any atom is -0.463 e. The van der Waals surface area contributed by atoms with E-state index in [2.05, 4.69) is 16.0 Å². The molecule has 3 aromatic heterocycles. The molecular formula is C19H20N4O2. The Kier molecular flexibility index (Phi) is 4.79. The van der Waals surface area contributed by atoms with Gasteiger partial charge in [0, 0.05) is 30.6 Å². The van der Waals surface area contributed by atoms with Gasteiger partial charge in [-0.1, -0.05) is 11.6 Å². The smallest absolute Gasteiger partial charge is 0.251 e. The fourth-order valence-corrected chi connectivity index (χ4v) is 2.56. The van der Waals surface area contributed by atoms with Crippen LogP contribution in [0.1, 0.15) is 20.3 Å². The number of nitrogens with zero attached hydrogens (tertiary/aromatic N) is 3.